The second-order valence-corrected chi connectivity index (χ2v) is 6.42. The highest BCUT2D eigenvalue weighted by Crippen LogP contribution is 2.24. The molecule has 1 aliphatic heterocycles. The molecule has 1 saturated heterocycles. The first-order valence-corrected chi connectivity index (χ1v) is 8.30. The minimum absolute atomic E-state index is 0.0700. The summed E-state index contributed by atoms with van der Waals surface area (Å²) in [7, 11) is 0. The fourth-order valence-corrected chi connectivity index (χ4v) is 3.14. The monoisotopic (exact) mass is 343 g/mol. The molecule has 0 aromatic heterocycles. The molecule has 0 radical (unpaired) electrons. The van der Waals surface area contributed by atoms with Crippen LogP contribution in [0.1, 0.15) is 33.6 Å². The molecule has 0 aliphatic carbocycles. The van der Waals surface area contributed by atoms with Crippen LogP contribution in [-0.2, 0) is 0 Å². The van der Waals surface area contributed by atoms with E-state index >= 15 is 0 Å². The number of rotatable bonds is 3. The van der Waals surface area contributed by atoms with Gasteiger partial charge in [0.2, 0.25) is 0 Å². The van der Waals surface area contributed by atoms with Crippen molar-refractivity contribution in [1.82, 2.24) is 4.90 Å². The number of phenols is 1. The van der Waals surface area contributed by atoms with Crippen LogP contribution in [-0.4, -0.2) is 34.8 Å². The minimum atomic E-state index is -0.108. The van der Waals surface area contributed by atoms with Crippen LogP contribution in [0.4, 0.5) is 0 Å². The zero-order valence-corrected chi connectivity index (χ0v) is 13.9. The van der Waals surface area contributed by atoms with E-state index in [-0.39, 0.29) is 23.4 Å². The number of carbonyl (C=O) groups excluding carboxylic acids is 2. The minimum Gasteiger partial charge on any atom is -0.508 e. The molecule has 1 fully saturated rings. The van der Waals surface area contributed by atoms with Crippen molar-refractivity contribution < 1.29 is 14.7 Å². The molecule has 2 aromatic carbocycles. The van der Waals surface area contributed by atoms with E-state index in [1.54, 1.807) is 41.3 Å². The van der Waals surface area contributed by atoms with Gasteiger partial charge in [0.1, 0.15) is 5.75 Å². The molecule has 24 heavy (non-hydrogen) atoms. The summed E-state index contributed by atoms with van der Waals surface area (Å²) in [5, 5.41) is 10.1. The van der Waals surface area contributed by atoms with E-state index in [1.165, 1.54) is 12.1 Å². The Morgan fingerprint density at radius 2 is 1.67 bits per heavy atom. The van der Waals surface area contributed by atoms with Gasteiger partial charge in [-0.3, -0.25) is 9.59 Å². The van der Waals surface area contributed by atoms with Crippen molar-refractivity contribution in [3.05, 3.63) is 64.7 Å². The topological polar surface area (TPSA) is 57.6 Å². The Bertz CT molecular complexity index is 749. The van der Waals surface area contributed by atoms with Crippen LogP contribution < -0.4 is 0 Å². The Hall–Kier alpha value is -2.33. The molecular formula is C19H18ClNO3. The van der Waals surface area contributed by atoms with Crippen LogP contribution in [0.2, 0.25) is 5.02 Å². The molecule has 0 unspecified atom stereocenters. The standard InChI is InChI=1S/C19H18ClNO3/c20-16-6-4-13(5-7-16)18(23)14-8-10-21(11-9-14)19(24)15-2-1-3-17(22)12-15/h1-7,12,14,22H,8-11H2. The summed E-state index contributed by atoms with van der Waals surface area (Å²) in [5.41, 5.74) is 1.13. The molecule has 1 heterocycles. The lowest BCUT2D eigenvalue weighted by atomic mass is 9.88. The van der Waals surface area contributed by atoms with Crippen molar-refractivity contribution in [3.63, 3.8) is 0 Å². The number of aromatic hydroxyl groups is 1. The van der Waals surface area contributed by atoms with Gasteiger partial charge in [0.25, 0.3) is 5.91 Å². The maximum atomic E-state index is 12.5. The quantitative estimate of drug-likeness (QED) is 0.863. The molecule has 1 amide bonds. The molecule has 5 heteroatoms. The summed E-state index contributed by atoms with van der Waals surface area (Å²) in [6.07, 6.45) is 1.29. The van der Waals surface area contributed by atoms with Crippen molar-refractivity contribution in [2.45, 2.75) is 12.8 Å². The Balaban J connectivity index is 1.62. The van der Waals surface area contributed by atoms with Crippen molar-refractivity contribution in [2.24, 2.45) is 5.92 Å². The number of likely N-dealkylation sites (tertiary alicyclic amines) is 1. The number of amides is 1. The van der Waals surface area contributed by atoms with Gasteiger partial charge in [0, 0.05) is 35.2 Å². The average molecular weight is 344 g/mol. The Kier molecular flexibility index (Phi) is 4.86. The molecule has 2 aromatic rings. The van der Waals surface area contributed by atoms with Gasteiger partial charge < -0.3 is 10.0 Å². The third-order valence-corrected chi connectivity index (χ3v) is 4.63. The molecule has 0 saturated carbocycles. The van der Waals surface area contributed by atoms with E-state index in [1.807, 2.05) is 0 Å². The summed E-state index contributed by atoms with van der Waals surface area (Å²) in [6, 6.07) is 13.3. The van der Waals surface area contributed by atoms with Crippen LogP contribution >= 0.6 is 11.6 Å². The van der Waals surface area contributed by atoms with E-state index in [9.17, 15) is 14.7 Å². The average Bonchev–Trinajstić information content (AvgIpc) is 2.61. The molecule has 4 nitrogen and oxygen atoms in total. The second-order valence-electron chi connectivity index (χ2n) is 5.99. The predicted molar refractivity (Wildman–Crippen MR) is 92.5 cm³/mol. The van der Waals surface area contributed by atoms with Crippen molar-refractivity contribution in [3.8, 4) is 5.75 Å². The van der Waals surface area contributed by atoms with Gasteiger partial charge in [-0.2, -0.15) is 0 Å². The Labute approximate surface area is 145 Å². The number of nitrogens with zero attached hydrogens (tertiary/aromatic N) is 1. The number of ketones is 1. The lowest BCUT2D eigenvalue weighted by Gasteiger charge is -2.31. The molecule has 1 aliphatic rings. The predicted octanol–water partition coefficient (Wildman–Crippen LogP) is 3.78. The third kappa shape index (κ3) is 3.60. The van der Waals surface area contributed by atoms with Crippen molar-refractivity contribution >= 4 is 23.3 Å². The van der Waals surface area contributed by atoms with Crippen molar-refractivity contribution in [2.75, 3.05) is 13.1 Å². The van der Waals surface area contributed by atoms with Crippen LogP contribution in [0.5, 0.6) is 5.75 Å². The fourth-order valence-electron chi connectivity index (χ4n) is 3.02. The summed E-state index contributed by atoms with van der Waals surface area (Å²) in [5.74, 6) is 0.00691. The number of Topliss-reactive ketones (excluding diaryl/α,β-unsaturated/α-hetero) is 1. The Morgan fingerprint density at radius 1 is 1.00 bits per heavy atom. The first-order valence-electron chi connectivity index (χ1n) is 7.92. The van der Waals surface area contributed by atoms with Crippen molar-refractivity contribution in [1.29, 1.82) is 0 Å². The summed E-state index contributed by atoms with van der Waals surface area (Å²) in [6.45, 7) is 1.08. The Morgan fingerprint density at radius 3 is 2.29 bits per heavy atom. The van der Waals surface area contributed by atoms with Crippen LogP contribution in [0, 0.1) is 5.92 Å². The number of benzene rings is 2. The number of carbonyl (C=O) groups is 2. The van der Waals surface area contributed by atoms with E-state index < -0.39 is 0 Å². The van der Waals surface area contributed by atoms with Gasteiger partial charge in [-0.1, -0.05) is 17.7 Å². The van der Waals surface area contributed by atoms with Gasteiger partial charge in [0.05, 0.1) is 0 Å². The van der Waals surface area contributed by atoms with Gasteiger partial charge >= 0.3 is 0 Å². The first kappa shape index (κ1) is 16.5. The van der Waals surface area contributed by atoms with E-state index in [2.05, 4.69) is 0 Å². The number of halogens is 1. The van der Waals surface area contributed by atoms with E-state index in [0.717, 1.165) is 0 Å². The molecular weight excluding hydrogens is 326 g/mol. The van der Waals surface area contributed by atoms with E-state index in [0.29, 0.717) is 42.1 Å². The largest absolute Gasteiger partial charge is 0.508 e. The maximum Gasteiger partial charge on any atom is 0.253 e. The summed E-state index contributed by atoms with van der Waals surface area (Å²) < 4.78 is 0. The maximum absolute atomic E-state index is 12.5. The highest BCUT2D eigenvalue weighted by molar-refractivity contribution is 6.30. The molecule has 1 N–H and O–H groups in total. The highest BCUT2D eigenvalue weighted by atomic mass is 35.5. The smallest absolute Gasteiger partial charge is 0.253 e. The van der Waals surface area contributed by atoms with Gasteiger partial charge in [-0.05, 0) is 55.3 Å². The summed E-state index contributed by atoms with van der Waals surface area (Å²) >= 11 is 5.85. The summed E-state index contributed by atoms with van der Waals surface area (Å²) in [4.78, 5) is 26.7. The van der Waals surface area contributed by atoms with Gasteiger partial charge in [-0.25, -0.2) is 0 Å². The number of hydrogen-bond donors (Lipinski definition) is 1. The number of piperidine rings is 1. The highest BCUT2D eigenvalue weighted by Gasteiger charge is 2.28. The molecule has 124 valence electrons. The SMILES string of the molecule is O=C(c1ccc(Cl)cc1)C1CCN(C(=O)c2cccc(O)c2)CC1. The van der Waals surface area contributed by atoms with Crippen LogP contribution in [0.3, 0.4) is 0 Å². The van der Waals surface area contributed by atoms with E-state index in [4.69, 9.17) is 11.6 Å². The molecule has 0 atom stereocenters. The molecule has 3 rings (SSSR count). The lowest BCUT2D eigenvalue weighted by molar-refractivity contribution is 0.0650. The van der Waals surface area contributed by atoms with Gasteiger partial charge in [-0.15, -0.1) is 0 Å². The van der Waals surface area contributed by atoms with Crippen LogP contribution in [0.25, 0.3) is 0 Å². The second kappa shape index (κ2) is 7.05. The molecule has 0 bridgehead atoms. The molecule has 0 spiro atoms. The number of phenolic OH excluding ortho intramolecular Hbond substituents is 1. The number of hydrogen-bond acceptors (Lipinski definition) is 3. The fraction of sp³-hybridized carbons (Fsp3) is 0.263. The lowest BCUT2D eigenvalue weighted by Crippen LogP contribution is -2.40. The normalized spacial score (nSPS) is 15.3. The zero-order valence-electron chi connectivity index (χ0n) is 13.1. The third-order valence-electron chi connectivity index (χ3n) is 4.37. The van der Waals surface area contributed by atoms with Crippen LogP contribution in [0.15, 0.2) is 48.5 Å². The van der Waals surface area contributed by atoms with Gasteiger partial charge in [0.15, 0.2) is 5.78 Å². The zero-order chi connectivity index (χ0) is 17.1. The first-order chi connectivity index (χ1) is 11.5.